The number of carbonyl (C=O) groups is 1. The average molecular weight is 182 g/mol. The zero-order valence-corrected chi connectivity index (χ0v) is 7.33. The van der Waals surface area contributed by atoms with Gasteiger partial charge in [0.2, 0.25) is 5.91 Å². The van der Waals surface area contributed by atoms with Crippen molar-refractivity contribution >= 4 is 11.6 Å². The Labute approximate surface area is 76.0 Å². The van der Waals surface area contributed by atoms with Crippen molar-refractivity contribution in [2.75, 3.05) is 18.5 Å². The predicted octanol–water partition coefficient (Wildman–Crippen LogP) is 0.747. The standard InChI is InChI=1S/C9H11FN2O/c1-12(9(13)6-11)8-4-2-3-7(10)5-8/h2-5H,6,11H2,1H3. The van der Waals surface area contributed by atoms with Gasteiger partial charge in [0.1, 0.15) is 5.82 Å². The van der Waals surface area contributed by atoms with Crippen molar-refractivity contribution in [2.24, 2.45) is 5.73 Å². The Morgan fingerprint density at radius 2 is 2.31 bits per heavy atom. The molecule has 0 aliphatic rings. The summed E-state index contributed by atoms with van der Waals surface area (Å²) in [6, 6.07) is 5.80. The third-order valence-corrected chi connectivity index (χ3v) is 1.74. The number of benzene rings is 1. The molecular formula is C9H11FN2O. The first-order chi connectivity index (χ1) is 6.15. The van der Waals surface area contributed by atoms with Gasteiger partial charge < -0.3 is 10.6 Å². The van der Waals surface area contributed by atoms with Gasteiger partial charge >= 0.3 is 0 Å². The minimum atomic E-state index is -0.367. The third kappa shape index (κ3) is 2.26. The monoisotopic (exact) mass is 182 g/mol. The molecule has 0 aliphatic carbocycles. The van der Waals surface area contributed by atoms with Crippen molar-refractivity contribution < 1.29 is 9.18 Å². The molecule has 1 aromatic rings. The van der Waals surface area contributed by atoms with Crippen LogP contribution in [0.1, 0.15) is 0 Å². The fraction of sp³-hybridized carbons (Fsp3) is 0.222. The third-order valence-electron chi connectivity index (χ3n) is 1.74. The average Bonchev–Trinajstić information content (AvgIpc) is 2.15. The number of likely N-dealkylation sites (N-methyl/N-ethyl adjacent to an activating group) is 1. The van der Waals surface area contributed by atoms with Crippen LogP contribution in [0.25, 0.3) is 0 Å². The minimum Gasteiger partial charge on any atom is -0.322 e. The van der Waals surface area contributed by atoms with E-state index in [9.17, 15) is 9.18 Å². The van der Waals surface area contributed by atoms with E-state index >= 15 is 0 Å². The molecule has 1 aromatic carbocycles. The number of nitrogens with zero attached hydrogens (tertiary/aromatic N) is 1. The second-order valence-corrected chi connectivity index (χ2v) is 2.64. The van der Waals surface area contributed by atoms with Gasteiger partial charge in [0, 0.05) is 12.7 Å². The number of hydrogen-bond donors (Lipinski definition) is 1. The summed E-state index contributed by atoms with van der Waals surface area (Å²) >= 11 is 0. The topological polar surface area (TPSA) is 46.3 Å². The van der Waals surface area contributed by atoms with Crippen molar-refractivity contribution in [1.29, 1.82) is 0 Å². The molecule has 3 nitrogen and oxygen atoms in total. The highest BCUT2D eigenvalue weighted by molar-refractivity contribution is 5.94. The molecule has 1 amide bonds. The molecule has 0 bridgehead atoms. The molecule has 0 radical (unpaired) electrons. The zero-order valence-electron chi connectivity index (χ0n) is 7.33. The Bertz CT molecular complexity index is 314. The predicted molar refractivity (Wildman–Crippen MR) is 48.9 cm³/mol. The van der Waals surface area contributed by atoms with Gasteiger partial charge in [-0.3, -0.25) is 4.79 Å². The molecule has 0 unspecified atom stereocenters. The van der Waals surface area contributed by atoms with Crippen LogP contribution in [0.15, 0.2) is 24.3 Å². The highest BCUT2D eigenvalue weighted by atomic mass is 19.1. The first-order valence-electron chi connectivity index (χ1n) is 3.87. The van der Waals surface area contributed by atoms with E-state index in [1.165, 1.54) is 17.0 Å². The van der Waals surface area contributed by atoms with Gasteiger partial charge in [0.25, 0.3) is 0 Å². The second-order valence-electron chi connectivity index (χ2n) is 2.64. The lowest BCUT2D eigenvalue weighted by molar-refractivity contribution is -0.117. The molecule has 4 heteroatoms. The van der Waals surface area contributed by atoms with E-state index in [2.05, 4.69) is 0 Å². The summed E-state index contributed by atoms with van der Waals surface area (Å²) in [4.78, 5) is 12.4. The van der Waals surface area contributed by atoms with Crippen LogP contribution in [-0.2, 0) is 4.79 Å². The summed E-state index contributed by atoms with van der Waals surface area (Å²) in [5.74, 6) is -0.611. The van der Waals surface area contributed by atoms with Crippen LogP contribution in [0.2, 0.25) is 0 Å². The summed E-state index contributed by atoms with van der Waals surface area (Å²) in [6.45, 7) is -0.0764. The van der Waals surface area contributed by atoms with E-state index < -0.39 is 0 Å². The summed E-state index contributed by atoms with van der Waals surface area (Å²) in [7, 11) is 1.56. The molecule has 13 heavy (non-hydrogen) atoms. The van der Waals surface area contributed by atoms with Crippen molar-refractivity contribution in [2.45, 2.75) is 0 Å². The zero-order chi connectivity index (χ0) is 9.84. The fourth-order valence-electron chi connectivity index (χ4n) is 0.966. The molecule has 0 heterocycles. The van der Waals surface area contributed by atoms with Gasteiger partial charge in [-0.25, -0.2) is 4.39 Å². The van der Waals surface area contributed by atoms with E-state index in [0.29, 0.717) is 5.69 Å². The first kappa shape index (κ1) is 9.67. The number of nitrogens with two attached hydrogens (primary N) is 1. The van der Waals surface area contributed by atoms with Gasteiger partial charge in [0.05, 0.1) is 6.54 Å². The lowest BCUT2D eigenvalue weighted by Gasteiger charge is -2.15. The smallest absolute Gasteiger partial charge is 0.240 e. The van der Waals surface area contributed by atoms with E-state index in [1.54, 1.807) is 19.2 Å². The van der Waals surface area contributed by atoms with E-state index in [1.807, 2.05) is 0 Å². The molecule has 1 rings (SSSR count). The number of rotatable bonds is 2. The molecular weight excluding hydrogens is 171 g/mol. The van der Waals surface area contributed by atoms with Crippen molar-refractivity contribution in [3.63, 3.8) is 0 Å². The summed E-state index contributed by atoms with van der Waals surface area (Å²) in [6.07, 6.45) is 0. The molecule has 0 atom stereocenters. The molecule has 0 saturated heterocycles. The van der Waals surface area contributed by atoms with Gasteiger partial charge in [-0.1, -0.05) is 6.07 Å². The van der Waals surface area contributed by atoms with Crippen LogP contribution >= 0.6 is 0 Å². The first-order valence-corrected chi connectivity index (χ1v) is 3.87. The summed E-state index contributed by atoms with van der Waals surface area (Å²) in [5.41, 5.74) is 5.67. The molecule has 0 spiro atoms. The quantitative estimate of drug-likeness (QED) is 0.733. The maximum atomic E-state index is 12.7. The van der Waals surface area contributed by atoms with Crippen LogP contribution in [0.4, 0.5) is 10.1 Å². The fourth-order valence-corrected chi connectivity index (χ4v) is 0.966. The molecule has 70 valence electrons. The summed E-state index contributed by atoms with van der Waals surface area (Å²) < 4.78 is 12.7. The lowest BCUT2D eigenvalue weighted by Crippen LogP contribution is -2.32. The van der Waals surface area contributed by atoms with Crippen molar-refractivity contribution in [3.05, 3.63) is 30.1 Å². The van der Waals surface area contributed by atoms with Crippen LogP contribution in [0, 0.1) is 5.82 Å². The Morgan fingerprint density at radius 1 is 1.62 bits per heavy atom. The largest absolute Gasteiger partial charge is 0.322 e. The number of amides is 1. The van der Waals surface area contributed by atoms with Crippen LogP contribution in [0.5, 0.6) is 0 Å². The molecule has 2 N–H and O–H groups in total. The molecule has 0 aromatic heterocycles. The molecule has 0 fully saturated rings. The normalized spacial score (nSPS) is 9.77. The Morgan fingerprint density at radius 3 is 2.85 bits per heavy atom. The SMILES string of the molecule is CN(C(=O)CN)c1cccc(F)c1. The van der Waals surface area contributed by atoms with Crippen molar-refractivity contribution in [1.82, 2.24) is 0 Å². The maximum Gasteiger partial charge on any atom is 0.240 e. The highest BCUT2D eigenvalue weighted by Gasteiger charge is 2.08. The summed E-state index contributed by atoms with van der Waals surface area (Å²) in [5, 5.41) is 0. The minimum absolute atomic E-state index is 0.0764. The van der Waals surface area contributed by atoms with Crippen LogP contribution < -0.4 is 10.6 Å². The van der Waals surface area contributed by atoms with Gasteiger partial charge in [-0.05, 0) is 18.2 Å². The number of carbonyl (C=O) groups excluding carboxylic acids is 1. The maximum absolute atomic E-state index is 12.7. The van der Waals surface area contributed by atoms with Gasteiger partial charge in [-0.15, -0.1) is 0 Å². The van der Waals surface area contributed by atoms with E-state index in [-0.39, 0.29) is 18.3 Å². The Kier molecular flexibility index (Phi) is 2.97. The van der Waals surface area contributed by atoms with Crippen LogP contribution in [-0.4, -0.2) is 19.5 Å². The number of halogens is 1. The second kappa shape index (κ2) is 4.00. The Balaban J connectivity index is 2.88. The number of hydrogen-bond acceptors (Lipinski definition) is 2. The van der Waals surface area contributed by atoms with E-state index in [0.717, 1.165) is 0 Å². The van der Waals surface area contributed by atoms with Crippen molar-refractivity contribution in [3.8, 4) is 0 Å². The molecule has 0 aliphatic heterocycles. The number of anilines is 1. The molecule has 0 saturated carbocycles. The van der Waals surface area contributed by atoms with Gasteiger partial charge in [-0.2, -0.15) is 0 Å². The lowest BCUT2D eigenvalue weighted by atomic mass is 10.3. The van der Waals surface area contributed by atoms with Crippen LogP contribution in [0.3, 0.4) is 0 Å². The Hall–Kier alpha value is -1.42. The van der Waals surface area contributed by atoms with E-state index in [4.69, 9.17) is 5.73 Å². The highest BCUT2D eigenvalue weighted by Crippen LogP contribution is 2.13. The van der Waals surface area contributed by atoms with Gasteiger partial charge in [0.15, 0.2) is 0 Å².